The van der Waals surface area contributed by atoms with Crippen molar-refractivity contribution < 1.29 is 40.8 Å². The Balaban J connectivity index is 1.14. The van der Waals surface area contributed by atoms with Gasteiger partial charge in [0.15, 0.2) is 5.69 Å². The number of benzene rings is 3. The first-order valence-electron chi connectivity index (χ1n) is 20.7. The van der Waals surface area contributed by atoms with Crippen molar-refractivity contribution in [2.45, 2.75) is 75.6 Å². The summed E-state index contributed by atoms with van der Waals surface area (Å²) in [7, 11) is -5.36. The van der Waals surface area contributed by atoms with Crippen molar-refractivity contribution in [1.82, 2.24) is 18.7 Å². The Bertz CT molecular complexity index is 2470. The highest BCUT2D eigenvalue weighted by atomic mass is 32.2. The van der Waals surface area contributed by atoms with E-state index in [-0.39, 0.29) is 51.9 Å². The van der Waals surface area contributed by atoms with Crippen molar-refractivity contribution in [3.63, 3.8) is 0 Å². The minimum absolute atomic E-state index is 0.00493. The van der Waals surface area contributed by atoms with E-state index in [0.717, 1.165) is 43.5 Å². The molecule has 0 atom stereocenters. The van der Waals surface area contributed by atoms with Gasteiger partial charge in [0.25, 0.3) is 17.7 Å². The highest BCUT2D eigenvalue weighted by Gasteiger charge is 2.35. The number of pyridine rings is 1. The number of rotatable bonds is 16. The number of anilines is 3. The third kappa shape index (κ3) is 11.4. The summed E-state index contributed by atoms with van der Waals surface area (Å²) < 4.78 is 61.5. The molecule has 4 N–H and O–H groups in total. The smallest absolute Gasteiger partial charge is 0.308 e. The summed E-state index contributed by atoms with van der Waals surface area (Å²) >= 11 is 0. The Kier molecular flexibility index (Phi) is 15.1. The van der Waals surface area contributed by atoms with Gasteiger partial charge in [-0.3, -0.25) is 19.2 Å². The molecule has 1 saturated carbocycles. The fourth-order valence-corrected chi connectivity index (χ4v) is 10.0. The number of piperidine rings is 1. The Hall–Kier alpha value is -5.69. The quantitative estimate of drug-likeness (QED) is 0.106. The van der Waals surface area contributed by atoms with Crippen LogP contribution in [0.15, 0.2) is 89.8 Å². The van der Waals surface area contributed by atoms with E-state index in [0.29, 0.717) is 50.0 Å². The molecule has 1 aliphatic heterocycles. The molecule has 3 aromatic carbocycles. The molecule has 0 unspecified atom stereocenters. The number of hydrogen-bond donors (Lipinski definition) is 4. The molecule has 2 heterocycles. The number of esters is 1. The molecule has 0 spiro atoms. The minimum Gasteiger partial charge on any atom is -0.469 e. The predicted molar refractivity (Wildman–Crippen MR) is 236 cm³/mol. The first kappa shape index (κ1) is 45.8. The summed E-state index contributed by atoms with van der Waals surface area (Å²) in [6.07, 6.45) is 6.45. The normalized spacial score (nSPS) is 16.9. The van der Waals surface area contributed by atoms with E-state index in [4.69, 9.17) is 9.72 Å². The minimum atomic E-state index is -4.01. The molecule has 2 aliphatic rings. The van der Waals surface area contributed by atoms with Crippen molar-refractivity contribution in [1.29, 1.82) is 0 Å². The van der Waals surface area contributed by atoms with Crippen molar-refractivity contribution in [3.8, 4) is 0 Å². The van der Waals surface area contributed by atoms with Crippen LogP contribution in [0.1, 0.15) is 94.2 Å². The average Bonchev–Trinajstić information content (AvgIpc) is 3.29. The molecular formula is C44H53N7O9S2. The Labute approximate surface area is 363 Å². The van der Waals surface area contributed by atoms with Crippen molar-refractivity contribution in [2.24, 2.45) is 5.92 Å². The summed E-state index contributed by atoms with van der Waals surface area (Å²) in [4.78, 5) is 58.9. The molecule has 0 bridgehead atoms. The summed E-state index contributed by atoms with van der Waals surface area (Å²) in [6, 6.07) is 22.9. The first-order valence-corrected chi connectivity index (χ1v) is 23.7. The van der Waals surface area contributed by atoms with E-state index >= 15 is 0 Å². The van der Waals surface area contributed by atoms with Gasteiger partial charge in [0.05, 0.1) is 23.6 Å². The average molecular weight is 888 g/mol. The predicted octanol–water partition coefficient (Wildman–Crippen LogP) is 5.30. The maximum atomic E-state index is 14.0. The SMILES string of the molecule is CCN(C1CCC(C(=O)OC)CC1)S(=O)(=O)c1cccc(C(=O)Nc2ccc(N3CCCCC3)nc2C(=O)Nc2ccc(CCc3ccc(C(=O)NS(=O)(=O)NC)cc3)cc2)c1. The van der Waals surface area contributed by atoms with E-state index in [1.54, 1.807) is 55.5 Å². The number of hydrogen-bond acceptors (Lipinski definition) is 11. The lowest BCUT2D eigenvalue weighted by molar-refractivity contribution is -0.146. The fourth-order valence-electron chi connectivity index (χ4n) is 7.83. The zero-order valence-electron chi connectivity index (χ0n) is 35.1. The van der Waals surface area contributed by atoms with E-state index in [1.165, 1.54) is 42.7 Å². The van der Waals surface area contributed by atoms with Crippen LogP contribution in [0.25, 0.3) is 0 Å². The van der Waals surface area contributed by atoms with Crippen LogP contribution >= 0.6 is 0 Å². The molecular weight excluding hydrogens is 835 g/mol. The van der Waals surface area contributed by atoms with E-state index < -0.39 is 38.0 Å². The standard InChI is InChI=1S/C44H53N7O9S2/c1-4-51(36-23-19-33(20-24-36)44(55)60-3)61(56,57)37-10-8-9-34(29-37)41(52)47-38-25-26-39(50-27-6-5-7-28-50)48-40(38)43(54)46-35-21-15-31(16-22-35)12-11-30-13-17-32(18-14-30)42(53)49-62(58,59)45-2/h8-10,13-18,21-22,25-26,29,33,36,45H,4-7,11-12,19-20,23-24,27-28H2,1-3H3,(H,46,54)(H,47,52)(H,49,53). The molecule has 62 heavy (non-hydrogen) atoms. The number of methoxy groups -OCH3 is 1. The zero-order valence-corrected chi connectivity index (χ0v) is 36.7. The van der Waals surface area contributed by atoms with Crippen LogP contribution in [0.5, 0.6) is 0 Å². The molecule has 330 valence electrons. The highest BCUT2D eigenvalue weighted by molar-refractivity contribution is 7.89. The van der Waals surface area contributed by atoms with Crippen LogP contribution < -0.4 is 25.0 Å². The van der Waals surface area contributed by atoms with Gasteiger partial charge in [-0.1, -0.05) is 37.3 Å². The van der Waals surface area contributed by atoms with Crippen LogP contribution in [0, 0.1) is 5.92 Å². The van der Waals surface area contributed by atoms with Crippen LogP contribution in [0.2, 0.25) is 0 Å². The summed E-state index contributed by atoms with van der Waals surface area (Å²) in [5.41, 5.74) is 2.87. The van der Waals surface area contributed by atoms with Gasteiger partial charge in [-0.25, -0.2) is 22.8 Å². The second-order valence-corrected chi connectivity index (χ2v) is 18.8. The monoisotopic (exact) mass is 887 g/mol. The molecule has 3 amide bonds. The number of sulfonamides is 1. The zero-order chi connectivity index (χ0) is 44.4. The number of nitrogens with zero attached hydrogens (tertiary/aromatic N) is 3. The van der Waals surface area contributed by atoms with Crippen molar-refractivity contribution >= 4 is 61.1 Å². The van der Waals surface area contributed by atoms with E-state index in [9.17, 15) is 36.0 Å². The summed E-state index contributed by atoms with van der Waals surface area (Å²) in [5.74, 6) is -1.84. The number of carbonyl (C=O) groups excluding carboxylic acids is 4. The first-order chi connectivity index (χ1) is 29.7. The number of aromatic nitrogens is 1. The molecule has 16 nitrogen and oxygen atoms in total. The number of nitrogens with one attached hydrogen (secondary N) is 4. The molecule has 1 saturated heterocycles. The topological polar surface area (TPSA) is 213 Å². The third-order valence-electron chi connectivity index (χ3n) is 11.3. The van der Waals surface area contributed by atoms with Gasteiger partial charge >= 0.3 is 16.2 Å². The van der Waals surface area contributed by atoms with Gasteiger partial charge in [-0.15, -0.1) is 0 Å². The Morgan fingerprint density at radius 2 is 1.40 bits per heavy atom. The van der Waals surface area contributed by atoms with Crippen molar-refractivity contribution in [2.75, 3.05) is 49.3 Å². The largest absolute Gasteiger partial charge is 0.469 e. The van der Waals surface area contributed by atoms with Crippen LogP contribution in [0.3, 0.4) is 0 Å². The van der Waals surface area contributed by atoms with Gasteiger partial charge in [0.1, 0.15) is 5.82 Å². The molecule has 4 aromatic rings. The number of amides is 3. The van der Waals surface area contributed by atoms with Crippen LogP contribution in [-0.4, -0.2) is 89.6 Å². The summed E-state index contributed by atoms with van der Waals surface area (Å²) in [5, 5.41) is 5.71. The van der Waals surface area contributed by atoms with Gasteiger partial charge < -0.3 is 20.3 Å². The summed E-state index contributed by atoms with van der Waals surface area (Å²) in [6.45, 7) is 3.55. The van der Waals surface area contributed by atoms with Crippen LogP contribution in [0.4, 0.5) is 17.2 Å². The van der Waals surface area contributed by atoms with E-state index in [1.807, 2.05) is 21.6 Å². The Morgan fingerprint density at radius 3 is 2.02 bits per heavy atom. The number of carbonyl (C=O) groups is 4. The second-order valence-electron chi connectivity index (χ2n) is 15.3. The van der Waals surface area contributed by atoms with Gasteiger partial charge in [-0.2, -0.15) is 12.7 Å². The lowest BCUT2D eigenvalue weighted by atomic mass is 9.86. The molecule has 18 heteroatoms. The molecule has 6 rings (SSSR count). The number of ether oxygens (including phenoxy) is 1. The van der Waals surface area contributed by atoms with Gasteiger partial charge in [0.2, 0.25) is 10.0 Å². The maximum absolute atomic E-state index is 14.0. The lowest BCUT2D eigenvalue weighted by Crippen LogP contribution is -2.43. The second kappa shape index (κ2) is 20.5. The maximum Gasteiger partial charge on any atom is 0.308 e. The third-order valence-corrected chi connectivity index (χ3v) is 14.3. The number of aryl methyl sites for hydroxylation is 2. The van der Waals surface area contributed by atoms with E-state index in [2.05, 4.69) is 15.5 Å². The van der Waals surface area contributed by atoms with Crippen LogP contribution in [-0.2, 0) is 42.6 Å². The van der Waals surface area contributed by atoms with Crippen molar-refractivity contribution in [3.05, 3.63) is 113 Å². The lowest BCUT2D eigenvalue weighted by Gasteiger charge is -2.34. The molecule has 1 aliphatic carbocycles. The Morgan fingerprint density at radius 1 is 0.758 bits per heavy atom. The highest BCUT2D eigenvalue weighted by Crippen LogP contribution is 2.32. The molecule has 0 radical (unpaired) electrons. The fraction of sp³-hybridized carbons (Fsp3) is 0.386. The molecule has 1 aromatic heterocycles. The molecule has 2 fully saturated rings. The van der Waals surface area contributed by atoms with Gasteiger partial charge in [-0.05, 0) is 124 Å². The van der Waals surface area contributed by atoms with Gasteiger partial charge in [0, 0.05) is 49.5 Å².